The molecule has 0 bridgehead atoms. The van der Waals surface area contributed by atoms with Crippen molar-refractivity contribution < 1.29 is 46.8 Å². The second-order valence-electron chi connectivity index (χ2n) is 9.08. The molecule has 0 aromatic heterocycles. The molecule has 0 aliphatic heterocycles. The minimum absolute atomic E-state index is 0.0976. The summed E-state index contributed by atoms with van der Waals surface area (Å²) >= 11 is 0. The molecule has 0 spiro atoms. The fourth-order valence-corrected chi connectivity index (χ4v) is 3.95. The second-order valence-corrected chi connectivity index (χ2v) is 9.08. The predicted octanol–water partition coefficient (Wildman–Crippen LogP) is 5.49. The van der Waals surface area contributed by atoms with Gasteiger partial charge in [-0.1, -0.05) is 29.8 Å². The minimum Gasteiger partial charge on any atom is -0.492 e. The van der Waals surface area contributed by atoms with E-state index in [-0.39, 0.29) is 45.8 Å². The molecule has 0 fully saturated rings. The first kappa shape index (κ1) is 31.9. The molecule has 216 valence electrons. The number of rotatable bonds is 15. The Kier molecular flexibility index (Phi) is 12.5. The average Bonchev–Trinajstić information content (AvgIpc) is 2.84. The van der Waals surface area contributed by atoms with E-state index >= 15 is 0 Å². The molecule has 8 nitrogen and oxygen atoms in total. The zero-order chi connectivity index (χ0) is 29.0. The lowest BCUT2D eigenvalue weighted by Gasteiger charge is -2.23. The summed E-state index contributed by atoms with van der Waals surface area (Å²) in [7, 11) is 0. The number of aryl methyl sites for hydroxylation is 3. The molecule has 0 heterocycles. The van der Waals surface area contributed by atoms with Crippen LogP contribution >= 0.6 is 0 Å². The summed E-state index contributed by atoms with van der Waals surface area (Å²) in [6.07, 6.45) is -5.62. The number of hydrogen-bond donors (Lipinski definition) is 1. The summed E-state index contributed by atoms with van der Waals surface area (Å²) in [5, 5.41) is 9.25. The maximum absolute atomic E-state index is 13.0. The molecular weight excluding hydrogens is 519 g/mol. The first-order valence-corrected chi connectivity index (χ1v) is 12.6. The number of carbonyl (C=O) groups is 2. The highest BCUT2D eigenvalue weighted by Gasteiger charge is 2.27. The van der Waals surface area contributed by atoms with E-state index in [0.717, 1.165) is 22.3 Å². The Balaban J connectivity index is 1.98. The van der Waals surface area contributed by atoms with Crippen LogP contribution in [0.1, 0.15) is 35.6 Å². The SMILES string of the molecule is CCOC(Cc1ccc(OCCN(CCCOCC(F)(F)F)C(=O)Oc2c(C)cc(C)cc2C)cc1)C(=O)O. The summed E-state index contributed by atoms with van der Waals surface area (Å²) in [6.45, 7) is 6.41. The number of halogens is 3. The van der Waals surface area contributed by atoms with Gasteiger partial charge in [-0.3, -0.25) is 0 Å². The van der Waals surface area contributed by atoms with Gasteiger partial charge in [0.1, 0.15) is 24.7 Å². The van der Waals surface area contributed by atoms with Crippen molar-refractivity contribution in [3.05, 3.63) is 58.7 Å². The van der Waals surface area contributed by atoms with Gasteiger partial charge in [0.25, 0.3) is 0 Å². The number of hydrogen-bond acceptors (Lipinski definition) is 6. The largest absolute Gasteiger partial charge is 0.492 e. The van der Waals surface area contributed by atoms with Crippen LogP contribution in [0.3, 0.4) is 0 Å². The van der Waals surface area contributed by atoms with Crippen LogP contribution in [0.25, 0.3) is 0 Å². The Hall–Kier alpha value is -3.31. The van der Waals surface area contributed by atoms with Crippen LogP contribution in [0.2, 0.25) is 0 Å². The number of aliphatic carboxylic acids is 1. The number of amides is 1. The van der Waals surface area contributed by atoms with Crippen molar-refractivity contribution in [3.63, 3.8) is 0 Å². The third kappa shape index (κ3) is 11.5. The molecule has 2 aromatic rings. The number of nitrogens with zero attached hydrogens (tertiary/aromatic N) is 1. The molecule has 0 saturated carbocycles. The lowest BCUT2D eigenvalue weighted by atomic mass is 10.1. The van der Waals surface area contributed by atoms with Gasteiger partial charge in [-0.05, 0) is 62.9 Å². The molecule has 0 aliphatic rings. The van der Waals surface area contributed by atoms with Gasteiger partial charge in [0.2, 0.25) is 0 Å². The van der Waals surface area contributed by atoms with Crippen LogP contribution in [0.5, 0.6) is 11.5 Å². The Morgan fingerprint density at radius 1 is 1.00 bits per heavy atom. The van der Waals surface area contributed by atoms with Crippen LogP contribution in [0.4, 0.5) is 18.0 Å². The average molecular weight is 556 g/mol. The van der Waals surface area contributed by atoms with E-state index in [9.17, 15) is 27.9 Å². The van der Waals surface area contributed by atoms with Gasteiger partial charge in [0, 0.05) is 26.2 Å². The predicted molar refractivity (Wildman–Crippen MR) is 138 cm³/mol. The number of carbonyl (C=O) groups excluding carboxylic acids is 1. The van der Waals surface area contributed by atoms with Gasteiger partial charge in [-0.15, -0.1) is 0 Å². The molecule has 39 heavy (non-hydrogen) atoms. The first-order valence-electron chi connectivity index (χ1n) is 12.6. The maximum atomic E-state index is 13.0. The van der Waals surface area contributed by atoms with Crippen molar-refractivity contribution in [1.82, 2.24) is 4.90 Å². The Labute approximate surface area is 226 Å². The topological polar surface area (TPSA) is 94.5 Å². The smallest absolute Gasteiger partial charge is 0.415 e. The van der Waals surface area contributed by atoms with Crippen LogP contribution in [-0.4, -0.2) is 73.9 Å². The Bertz CT molecular complexity index is 1050. The fraction of sp³-hybridized carbons (Fsp3) is 0.500. The maximum Gasteiger partial charge on any atom is 0.415 e. The van der Waals surface area contributed by atoms with E-state index in [0.29, 0.717) is 11.5 Å². The van der Waals surface area contributed by atoms with E-state index in [2.05, 4.69) is 4.74 Å². The van der Waals surface area contributed by atoms with Crippen LogP contribution in [0, 0.1) is 20.8 Å². The van der Waals surface area contributed by atoms with E-state index in [1.165, 1.54) is 4.90 Å². The molecule has 1 unspecified atom stereocenters. The van der Waals surface area contributed by atoms with Crippen LogP contribution in [0.15, 0.2) is 36.4 Å². The lowest BCUT2D eigenvalue weighted by Crippen LogP contribution is -2.38. The molecule has 1 N–H and O–H groups in total. The number of carboxylic acids is 1. The number of carboxylic acid groups (broad SMARTS) is 1. The monoisotopic (exact) mass is 555 g/mol. The highest BCUT2D eigenvalue weighted by atomic mass is 19.4. The van der Waals surface area contributed by atoms with Crippen molar-refractivity contribution in [1.29, 1.82) is 0 Å². The van der Waals surface area contributed by atoms with Crippen molar-refractivity contribution in [3.8, 4) is 11.5 Å². The minimum atomic E-state index is -4.42. The molecular formula is C28H36F3NO7. The van der Waals surface area contributed by atoms with Crippen LogP contribution in [-0.2, 0) is 20.7 Å². The van der Waals surface area contributed by atoms with Crippen molar-refractivity contribution in [2.45, 2.75) is 52.8 Å². The Morgan fingerprint density at radius 2 is 1.64 bits per heavy atom. The van der Waals surface area contributed by atoms with E-state index in [1.54, 1.807) is 31.2 Å². The van der Waals surface area contributed by atoms with Crippen molar-refractivity contribution in [2.24, 2.45) is 0 Å². The summed E-state index contributed by atoms with van der Waals surface area (Å²) < 4.78 is 58.3. The molecule has 1 atom stereocenters. The molecule has 2 rings (SSSR count). The van der Waals surface area contributed by atoms with Gasteiger partial charge >= 0.3 is 18.2 Å². The summed E-state index contributed by atoms with van der Waals surface area (Å²) in [5.41, 5.74) is 3.37. The van der Waals surface area contributed by atoms with E-state index in [1.807, 2.05) is 32.9 Å². The normalized spacial score (nSPS) is 12.2. The highest BCUT2D eigenvalue weighted by Crippen LogP contribution is 2.25. The standard InChI is InChI=1S/C28H36F3NO7/c1-5-37-24(26(33)34)17-22-7-9-23(10-8-22)38-14-12-32(11-6-13-36-18-28(29,30)31)27(35)39-25-20(3)15-19(2)16-21(25)4/h7-10,15-16,24H,5-6,11-14,17-18H2,1-4H3,(H,33,34). The molecule has 0 radical (unpaired) electrons. The van der Waals surface area contributed by atoms with Gasteiger partial charge in [-0.2, -0.15) is 13.2 Å². The van der Waals surface area contributed by atoms with Gasteiger partial charge < -0.3 is 29.0 Å². The van der Waals surface area contributed by atoms with Gasteiger partial charge in [-0.25, -0.2) is 9.59 Å². The van der Waals surface area contributed by atoms with E-state index in [4.69, 9.17) is 14.2 Å². The first-order chi connectivity index (χ1) is 18.4. The number of benzene rings is 2. The third-order valence-electron chi connectivity index (χ3n) is 5.65. The van der Waals surface area contributed by atoms with Crippen molar-refractivity contribution >= 4 is 12.1 Å². The zero-order valence-electron chi connectivity index (χ0n) is 22.7. The lowest BCUT2D eigenvalue weighted by molar-refractivity contribution is -0.174. The quantitative estimate of drug-likeness (QED) is 0.290. The summed E-state index contributed by atoms with van der Waals surface area (Å²) in [4.78, 5) is 25.6. The fourth-order valence-electron chi connectivity index (χ4n) is 3.95. The number of ether oxygens (including phenoxy) is 4. The molecule has 2 aromatic carbocycles. The van der Waals surface area contributed by atoms with Gasteiger partial charge in [0.05, 0.1) is 6.54 Å². The van der Waals surface area contributed by atoms with Crippen LogP contribution < -0.4 is 9.47 Å². The highest BCUT2D eigenvalue weighted by molar-refractivity contribution is 5.73. The molecule has 11 heteroatoms. The number of alkyl halides is 3. The summed E-state index contributed by atoms with van der Waals surface area (Å²) in [5.74, 6) is -0.0924. The zero-order valence-corrected chi connectivity index (χ0v) is 22.7. The molecule has 0 saturated heterocycles. The third-order valence-corrected chi connectivity index (χ3v) is 5.65. The second kappa shape index (κ2) is 15.3. The Morgan fingerprint density at radius 3 is 2.21 bits per heavy atom. The van der Waals surface area contributed by atoms with E-state index < -0.39 is 30.9 Å². The molecule has 0 aliphatic carbocycles. The summed E-state index contributed by atoms with van der Waals surface area (Å²) in [6, 6.07) is 10.6. The molecule has 1 amide bonds. The van der Waals surface area contributed by atoms with Crippen molar-refractivity contribution in [2.75, 3.05) is 39.5 Å². The van der Waals surface area contributed by atoms with Gasteiger partial charge in [0.15, 0.2) is 6.10 Å².